The molecule has 0 aliphatic carbocycles. The van der Waals surface area contributed by atoms with Crippen molar-refractivity contribution in [3.05, 3.63) is 35.9 Å². The number of likely N-dealkylation sites (N-methyl/N-ethyl adjacent to an activating group) is 1. The fourth-order valence-electron chi connectivity index (χ4n) is 2.05. The first-order valence-electron chi connectivity index (χ1n) is 5.81. The third-order valence-electron chi connectivity index (χ3n) is 3.12. The second-order valence-electron chi connectivity index (χ2n) is 4.36. The number of ether oxygens (including phenoxy) is 1. The van der Waals surface area contributed by atoms with E-state index >= 15 is 0 Å². The van der Waals surface area contributed by atoms with Crippen LogP contribution in [0, 0.1) is 0 Å². The first-order chi connectivity index (χ1) is 8.96. The van der Waals surface area contributed by atoms with Gasteiger partial charge in [-0.05, 0) is 5.56 Å². The van der Waals surface area contributed by atoms with Gasteiger partial charge in [-0.25, -0.2) is 0 Å². The van der Waals surface area contributed by atoms with Gasteiger partial charge in [0.15, 0.2) is 0 Å². The number of methoxy groups -OCH3 is 1. The Labute approximate surface area is 112 Å². The van der Waals surface area contributed by atoms with Crippen molar-refractivity contribution in [1.82, 2.24) is 8.61 Å². The van der Waals surface area contributed by atoms with Crippen LogP contribution in [0.4, 0.5) is 0 Å². The molecule has 1 saturated heterocycles. The fourth-order valence-corrected chi connectivity index (χ4v) is 3.53. The molecule has 0 bridgehead atoms. The smallest absolute Gasteiger partial charge is 0.325 e. The molecular weight excluding hydrogens is 268 g/mol. The van der Waals surface area contributed by atoms with Crippen molar-refractivity contribution in [2.75, 3.05) is 20.7 Å². The predicted molar refractivity (Wildman–Crippen MR) is 69.3 cm³/mol. The van der Waals surface area contributed by atoms with E-state index in [2.05, 4.69) is 4.74 Å². The Hall–Kier alpha value is -1.44. The standard InChI is InChI=1S/C12H16N2O4S/c1-13-9-11(12(15)18-2)14(19(13,16)17)8-10-6-4-3-5-7-10/h3-7,11H,8-9H2,1-2H3. The van der Waals surface area contributed by atoms with Gasteiger partial charge < -0.3 is 4.74 Å². The molecule has 1 aromatic carbocycles. The highest BCUT2D eigenvalue weighted by Gasteiger charge is 2.46. The molecule has 0 aromatic heterocycles. The number of nitrogens with zero attached hydrogens (tertiary/aromatic N) is 2. The van der Waals surface area contributed by atoms with Crippen LogP contribution in [-0.4, -0.2) is 49.7 Å². The topological polar surface area (TPSA) is 66.9 Å². The molecule has 1 unspecified atom stereocenters. The van der Waals surface area contributed by atoms with E-state index in [1.165, 1.54) is 18.5 Å². The minimum absolute atomic E-state index is 0.113. The molecule has 1 aliphatic rings. The SMILES string of the molecule is COC(=O)C1CN(C)S(=O)(=O)N1Cc1ccccc1. The second kappa shape index (κ2) is 5.28. The molecule has 1 atom stereocenters. The number of esters is 1. The summed E-state index contributed by atoms with van der Waals surface area (Å²) in [4.78, 5) is 11.7. The van der Waals surface area contributed by atoms with E-state index in [-0.39, 0.29) is 13.1 Å². The van der Waals surface area contributed by atoms with Crippen LogP contribution >= 0.6 is 0 Å². The number of benzene rings is 1. The molecule has 0 saturated carbocycles. The highest BCUT2D eigenvalue weighted by Crippen LogP contribution is 2.24. The molecule has 1 heterocycles. The van der Waals surface area contributed by atoms with E-state index in [0.717, 1.165) is 9.87 Å². The fraction of sp³-hybridized carbons (Fsp3) is 0.417. The van der Waals surface area contributed by atoms with Gasteiger partial charge in [0.1, 0.15) is 6.04 Å². The summed E-state index contributed by atoms with van der Waals surface area (Å²) in [6.07, 6.45) is 0. The van der Waals surface area contributed by atoms with Crippen molar-refractivity contribution in [2.45, 2.75) is 12.6 Å². The Morgan fingerprint density at radius 2 is 2.00 bits per heavy atom. The lowest BCUT2D eigenvalue weighted by atomic mass is 10.2. The normalized spacial score (nSPS) is 23.4. The molecule has 0 radical (unpaired) electrons. The summed E-state index contributed by atoms with van der Waals surface area (Å²) >= 11 is 0. The zero-order valence-electron chi connectivity index (χ0n) is 10.8. The first kappa shape index (κ1) is 14.0. The van der Waals surface area contributed by atoms with Crippen LogP contribution in [0.15, 0.2) is 30.3 Å². The van der Waals surface area contributed by atoms with Gasteiger partial charge in [-0.15, -0.1) is 0 Å². The molecule has 19 heavy (non-hydrogen) atoms. The van der Waals surface area contributed by atoms with Crippen molar-refractivity contribution in [3.63, 3.8) is 0 Å². The van der Waals surface area contributed by atoms with Crippen molar-refractivity contribution in [1.29, 1.82) is 0 Å². The summed E-state index contributed by atoms with van der Waals surface area (Å²) in [7, 11) is -0.890. The van der Waals surface area contributed by atoms with E-state index < -0.39 is 22.2 Å². The molecule has 7 heteroatoms. The van der Waals surface area contributed by atoms with Gasteiger partial charge >= 0.3 is 5.97 Å². The minimum Gasteiger partial charge on any atom is -0.468 e. The summed E-state index contributed by atoms with van der Waals surface area (Å²) in [6.45, 7) is 0.273. The predicted octanol–water partition coefficient (Wildman–Crippen LogP) is 0.220. The van der Waals surface area contributed by atoms with Crippen molar-refractivity contribution < 1.29 is 17.9 Å². The number of carbonyl (C=O) groups is 1. The summed E-state index contributed by atoms with van der Waals surface area (Å²) in [5, 5.41) is 0. The number of hydrogen-bond donors (Lipinski definition) is 0. The Kier molecular flexibility index (Phi) is 3.88. The first-order valence-corrected chi connectivity index (χ1v) is 7.21. The van der Waals surface area contributed by atoms with Gasteiger partial charge in [-0.3, -0.25) is 4.79 Å². The Balaban J connectivity index is 2.30. The minimum atomic E-state index is -3.60. The van der Waals surface area contributed by atoms with Gasteiger partial charge in [0, 0.05) is 20.1 Å². The lowest BCUT2D eigenvalue weighted by molar-refractivity contribution is -0.144. The maximum absolute atomic E-state index is 12.2. The van der Waals surface area contributed by atoms with E-state index in [1.54, 1.807) is 0 Å². The van der Waals surface area contributed by atoms with Gasteiger partial charge in [-0.2, -0.15) is 17.0 Å². The lowest BCUT2D eigenvalue weighted by Crippen LogP contribution is -2.40. The van der Waals surface area contributed by atoms with Gasteiger partial charge in [0.05, 0.1) is 7.11 Å². The molecule has 0 N–H and O–H groups in total. The number of hydrogen-bond acceptors (Lipinski definition) is 4. The lowest BCUT2D eigenvalue weighted by Gasteiger charge is -2.20. The third-order valence-corrected chi connectivity index (χ3v) is 5.04. The van der Waals surface area contributed by atoms with Gasteiger partial charge in [-0.1, -0.05) is 30.3 Å². The molecule has 0 amide bonds. The van der Waals surface area contributed by atoms with E-state index in [1.807, 2.05) is 30.3 Å². The Bertz CT molecular complexity index is 558. The monoisotopic (exact) mass is 284 g/mol. The van der Waals surface area contributed by atoms with E-state index in [4.69, 9.17) is 0 Å². The van der Waals surface area contributed by atoms with Gasteiger partial charge in [0.2, 0.25) is 0 Å². The summed E-state index contributed by atoms with van der Waals surface area (Å²) in [5.41, 5.74) is 0.829. The third kappa shape index (κ3) is 2.63. The van der Waals surface area contributed by atoms with Crippen molar-refractivity contribution in [3.8, 4) is 0 Å². The summed E-state index contributed by atoms with van der Waals surface area (Å²) in [5.74, 6) is -0.538. The number of rotatable bonds is 3. The Morgan fingerprint density at radius 3 is 2.58 bits per heavy atom. The summed E-state index contributed by atoms with van der Waals surface area (Å²) in [6, 6.07) is 8.36. The zero-order chi connectivity index (χ0) is 14.0. The maximum atomic E-state index is 12.2. The molecule has 1 aliphatic heterocycles. The van der Waals surface area contributed by atoms with Crippen molar-refractivity contribution in [2.24, 2.45) is 0 Å². The number of carbonyl (C=O) groups excluding carboxylic acids is 1. The Morgan fingerprint density at radius 1 is 1.37 bits per heavy atom. The van der Waals surface area contributed by atoms with Crippen LogP contribution in [-0.2, 0) is 26.3 Å². The molecule has 1 aromatic rings. The second-order valence-corrected chi connectivity index (χ2v) is 6.35. The largest absolute Gasteiger partial charge is 0.468 e. The van der Waals surface area contributed by atoms with Crippen LogP contribution < -0.4 is 0 Å². The molecule has 0 spiro atoms. The average Bonchev–Trinajstić information content (AvgIpc) is 2.63. The molecule has 2 rings (SSSR count). The molecule has 1 fully saturated rings. The van der Waals surface area contributed by atoms with Crippen LogP contribution in [0.2, 0.25) is 0 Å². The molecular formula is C12H16N2O4S. The van der Waals surface area contributed by atoms with Crippen LogP contribution in [0.3, 0.4) is 0 Å². The van der Waals surface area contributed by atoms with Crippen molar-refractivity contribution >= 4 is 16.2 Å². The van der Waals surface area contributed by atoms with Crippen LogP contribution in [0.25, 0.3) is 0 Å². The highest BCUT2D eigenvalue weighted by molar-refractivity contribution is 7.87. The van der Waals surface area contributed by atoms with Crippen LogP contribution in [0.1, 0.15) is 5.56 Å². The van der Waals surface area contributed by atoms with Gasteiger partial charge in [0.25, 0.3) is 10.2 Å². The van der Waals surface area contributed by atoms with E-state index in [0.29, 0.717) is 0 Å². The molecule has 6 nitrogen and oxygen atoms in total. The quantitative estimate of drug-likeness (QED) is 0.745. The summed E-state index contributed by atoms with van der Waals surface area (Å²) < 4.78 is 31.4. The maximum Gasteiger partial charge on any atom is 0.325 e. The van der Waals surface area contributed by atoms with Crippen LogP contribution in [0.5, 0.6) is 0 Å². The highest BCUT2D eigenvalue weighted by atomic mass is 32.2. The zero-order valence-corrected chi connectivity index (χ0v) is 11.6. The van der Waals surface area contributed by atoms with E-state index in [9.17, 15) is 13.2 Å². The molecule has 104 valence electrons. The average molecular weight is 284 g/mol.